The molecule has 1 aromatic carbocycles. The van der Waals surface area contributed by atoms with Gasteiger partial charge in [0.05, 0.1) is 11.7 Å². The SMILES string of the molecule is CCn1nc(C)c(C(C)Nc2ccc(SC)cc2)c1C. The highest BCUT2D eigenvalue weighted by atomic mass is 32.2. The molecule has 0 aliphatic carbocycles. The van der Waals surface area contributed by atoms with Gasteiger partial charge >= 0.3 is 0 Å². The molecule has 2 rings (SSSR count). The van der Waals surface area contributed by atoms with Crippen LogP contribution in [0.4, 0.5) is 5.69 Å². The Morgan fingerprint density at radius 3 is 2.40 bits per heavy atom. The van der Waals surface area contributed by atoms with Crippen LogP contribution >= 0.6 is 11.8 Å². The van der Waals surface area contributed by atoms with E-state index in [4.69, 9.17) is 0 Å². The van der Waals surface area contributed by atoms with Crippen LogP contribution in [0.25, 0.3) is 0 Å². The van der Waals surface area contributed by atoms with Crippen LogP contribution in [0.15, 0.2) is 29.2 Å². The smallest absolute Gasteiger partial charge is 0.0649 e. The molecule has 20 heavy (non-hydrogen) atoms. The van der Waals surface area contributed by atoms with Crippen LogP contribution in [0.2, 0.25) is 0 Å². The number of benzene rings is 1. The van der Waals surface area contributed by atoms with E-state index in [9.17, 15) is 0 Å². The van der Waals surface area contributed by atoms with Crippen molar-refractivity contribution in [2.75, 3.05) is 11.6 Å². The fourth-order valence-corrected chi connectivity index (χ4v) is 3.06. The molecule has 1 atom stereocenters. The average molecular weight is 289 g/mol. The van der Waals surface area contributed by atoms with Crippen molar-refractivity contribution in [2.45, 2.75) is 45.2 Å². The van der Waals surface area contributed by atoms with E-state index in [1.807, 2.05) is 0 Å². The Morgan fingerprint density at radius 1 is 1.25 bits per heavy atom. The van der Waals surface area contributed by atoms with E-state index in [1.165, 1.54) is 16.2 Å². The van der Waals surface area contributed by atoms with Crippen molar-refractivity contribution in [1.82, 2.24) is 9.78 Å². The number of thioether (sulfide) groups is 1. The average Bonchev–Trinajstić information content (AvgIpc) is 2.74. The lowest BCUT2D eigenvalue weighted by molar-refractivity contribution is 0.632. The quantitative estimate of drug-likeness (QED) is 0.827. The van der Waals surface area contributed by atoms with Crippen molar-refractivity contribution >= 4 is 17.4 Å². The zero-order valence-corrected chi connectivity index (χ0v) is 13.7. The van der Waals surface area contributed by atoms with Crippen molar-refractivity contribution in [3.8, 4) is 0 Å². The molecule has 0 aliphatic heterocycles. The third-order valence-corrected chi connectivity index (χ3v) is 4.39. The molecule has 4 heteroatoms. The number of rotatable bonds is 5. The minimum absolute atomic E-state index is 0.260. The lowest BCUT2D eigenvalue weighted by Gasteiger charge is -2.16. The zero-order chi connectivity index (χ0) is 14.7. The van der Waals surface area contributed by atoms with Crippen LogP contribution in [0.3, 0.4) is 0 Å². The monoisotopic (exact) mass is 289 g/mol. The summed E-state index contributed by atoms with van der Waals surface area (Å²) in [7, 11) is 0. The first-order chi connectivity index (χ1) is 9.56. The largest absolute Gasteiger partial charge is 0.378 e. The predicted octanol–water partition coefficient (Wildman–Crippen LogP) is 4.41. The summed E-state index contributed by atoms with van der Waals surface area (Å²) < 4.78 is 2.07. The molecule has 1 unspecified atom stereocenters. The van der Waals surface area contributed by atoms with Gasteiger partial charge in [-0.2, -0.15) is 5.10 Å². The van der Waals surface area contributed by atoms with Gasteiger partial charge in [-0.05, 0) is 58.2 Å². The second kappa shape index (κ2) is 6.35. The fourth-order valence-electron chi connectivity index (χ4n) is 2.65. The van der Waals surface area contributed by atoms with E-state index in [1.54, 1.807) is 11.8 Å². The van der Waals surface area contributed by atoms with E-state index < -0.39 is 0 Å². The van der Waals surface area contributed by atoms with Gasteiger partial charge in [0.15, 0.2) is 0 Å². The highest BCUT2D eigenvalue weighted by Gasteiger charge is 2.16. The van der Waals surface area contributed by atoms with Crippen molar-refractivity contribution in [3.05, 3.63) is 41.2 Å². The zero-order valence-electron chi connectivity index (χ0n) is 12.9. The molecule has 0 radical (unpaired) electrons. The molecular formula is C16H23N3S. The van der Waals surface area contributed by atoms with Crippen LogP contribution in [-0.4, -0.2) is 16.0 Å². The molecule has 2 aromatic rings. The van der Waals surface area contributed by atoms with Gasteiger partial charge in [-0.1, -0.05) is 0 Å². The summed E-state index contributed by atoms with van der Waals surface area (Å²) in [5.74, 6) is 0. The molecule has 0 saturated carbocycles. The van der Waals surface area contributed by atoms with Gasteiger partial charge in [0.1, 0.15) is 0 Å². The molecular weight excluding hydrogens is 266 g/mol. The van der Waals surface area contributed by atoms with Gasteiger partial charge in [-0.3, -0.25) is 4.68 Å². The summed E-state index contributed by atoms with van der Waals surface area (Å²) in [6.45, 7) is 9.47. The maximum atomic E-state index is 4.59. The van der Waals surface area contributed by atoms with Crippen molar-refractivity contribution in [3.63, 3.8) is 0 Å². The van der Waals surface area contributed by atoms with Gasteiger partial charge in [0.25, 0.3) is 0 Å². The van der Waals surface area contributed by atoms with E-state index >= 15 is 0 Å². The van der Waals surface area contributed by atoms with Crippen LogP contribution in [0.1, 0.15) is 36.8 Å². The first-order valence-corrected chi connectivity index (χ1v) is 8.23. The third kappa shape index (κ3) is 3.01. The maximum absolute atomic E-state index is 4.59. The molecule has 0 spiro atoms. The number of hydrogen-bond acceptors (Lipinski definition) is 3. The number of nitrogens with one attached hydrogen (secondary N) is 1. The molecule has 1 N–H and O–H groups in total. The number of anilines is 1. The van der Waals surface area contributed by atoms with E-state index in [0.29, 0.717) is 0 Å². The first-order valence-electron chi connectivity index (χ1n) is 7.01. The van der Waals surface area contributed by atoms with Gasteiger partial charge in [0, 0.05) is 28.4 Å². The Hall–Kier alpha value is -1.42. The summed E-state index contributed by atoms with van der Waals surface area (Å²) in [6, 6.07) is 8.83. The minimum atomic E-state index is 0.260. The van der Waals surface area contributed by atoms with Crippen molar-refractivity contribution in [2.24, 2.45) is 0 Å². The van der Waals surface area contributed by atoms with Crippen molar-refractivity contribution in [1.29, 1.82) is 0 Å². The first kappa shape index (κ1) is 15.0. The Kier molecular flexibility index (Phi) is 4.76. The molecule has 1 aromatic heterocycles. The lowest BCUT2D eigenvalue weighted by atomic mass is 10.1. The third-order valence-electron chi connectivity index (χ3n) is 3.64. The van der Waals surface area contributed by atoms with E-state index in [-0.39, 0.29) is 6.04 Å². The summed E-state index contributed by atoms with van der Waals surface area (Å²) in [4.78, 5) is 1.29. The van der Waals surface area contributed by atoms with Gasteiger partial charge in [-0.15, -0.1) is 11.8 Å². The molecule has 0 bridgehead atoms. The summed E-state index contributed by atoms with van der Waals surface area (Å²) in [5.41, 5.74) is 4.83. The molecule has 0 amide bonds. The van der Waals surface area contributed by atoms with Crippen LogP contribution in [-0.2, 0) is 6.54 Å². The Balaban J connectivity index is 2.19. The normalized spacial score (nSPS) is 12.4. The second-order valence-corrected chi connectivity index (χ2v) is 5.87. The minimum Gasteiger partial charge on any atom is -0.378 e. The van der Waals surface area contributed by atoms with Gasteiger partial charge in [0.2, 0.25) is 0 Å². The molecule has 0 fully saturated rings. The molecule has 0 aliphatic rings. The molecule has 3 nitrogen and oxygen atoms in total. The van der Waals surface area contributed by atoms with Gasteiger partial charge < -0.3 is 5.32 Å². The van der Waals surface area contributed by atoms with Crippen LogP contribution in [0.5, 0.6) is 0 Å². The molecule has 1 heterocycles. The van der Waals surface area contributed by atoms with Crippen molar-refractivity contribution < 1.29 is 0 Å². The number of hydrogen-bond donors (Lipinski definition) is 1. The Morgan fingerprint density at radius 2 is 1.90 bits per heavy atom. The molecule has 0 saturated heterocycles. The highest BCUT2D eigenvalue weighted by Crippen LogP contribution is 2.26. The predicted molar refractivity (Wildman–Crippen MR) is 87.6 cm³/mol. The van der Waals surface area contributed by atoms with E-state index in [0.717, 1.165) is 17.9 Å². The van der Waals surface area contributed by atoms with E-state index in [2.05, 4.69) is 73.3 Å². The summed E-state index contributed by atoms with van der Waals surface area (Å²) in [5, 5.41) is 8.16. The van der Waals surface area contributed by atoms with Crippen LogP contribution < -0.4 is 5.32 Å². The standard InChI is InChI=1S/C16H23N3S/c1-6-19-13(4)16(12(3)18-19)11(2)17-14-7-9-15(20-5)10-8-14/h7-11,17H,6H2,1-5H3. The molecule has 108 valence electrons. The number of aromatic nitrogens is 2. The Bertz CT molecular complexity index is 572. The topological polar surface area (TPSA) is 29.9 Å². The van der Waals surface area contributed by atoms with Gasteiger partial charge in [-0.25, -0.2) is 0 Å². The fraction of sp³-hybridized carbons (Fsp3) is 0.438. The Labute approximate surface area is 125 Å². The lowest BCUT2D eigenvalue weighted by Crippen LogP contribution is -2.09. The van der Waals surface area contributed by atoms with Crippen LogP contribution in [0, 0.1) is 13.8 Å². The maximum Gasteiger partial charge on any atom is 0.0649 e. The summed E-state index contributed by atoms with van der Waals surface area (Å²) >= 11 is 1.76. The highest BCUT2D eigenvalue weighted by molar-refractivity contribution is 7.98. The number of aryl methyl sites for hydroxylation is 2. The summed E-state index contributed by atoms with van der Waals surface area (Å²) in [6.07, 6.45) is 2.09. The second-order valence-electron chi connectivity index (χ2n) is 4.99. The number of nitrogens with zero attached hydrogens (tertiary/aromatic N) is 2.